The summed E-state index contributed by atoms with van der Waals surface area (Å²) in [4.78, 5) is 18.7. The molecule has 1 amide bonds. The van der Waals surface area contributed by atoms with E-state index in [9.17, 15) is 4.79 Å². The molecule has 0 fully saturated rings. The van der Waals surface area contributed by atoms with Crippen molar-refractivity contribution in [2.75, 3.05) is 13.7 Å². The molecule has 30 heavy (non-hydrogen) atoms. The van der Waals surface area contributed by atoms with E-state index in [0.717, 1.165) is 23.2 Å². The Balaban J connectivity index is 1.67. The minimum absolute atomic E-state index is 0.120. The van der Waals surface area contributed by atoms with E-state index < -0.39 is 0 Å². The number of carbonyl (C=O) groups is 1. The lowest BCUT2D eigenvalue weighted by Crippen LogP contribution is -2.32. The molecule has 5 nitrogen and oxygen atoms in total. The predicted octanol–water partition coefficient (Wildman–Crippen LogP) is 4.65. The summed E-state index contributed by atoms with van der Waals surface area (Å²) in [5, 5.41) is 0. The zero-order valence-electron chi connectivity index (χ0n) is 17.6. The lowest BCUT2D eigenvalue weighted by molar-refractivity contribution is -0.131. The van der Waals surface area contributed by atoms with Crippen LogP contribution in [0.3, 0.4) is 0 Å². The number of pyridine rings is 1. The van der Waals surface area contributed by atoms with Gasteiger partial charge in [0.1, 0.15) is 6.61 Å². The third-order valence-electron chi connectivity index (χ3n) is 4.86. The van der Waals surface area contributed by atoms with E-state index in [1.165, 1.54) is 0 Å². The van der Waals surface area contributed by atoms with Gasteiger partial charge in [-0.05, 0) is 35.4 Å². The summed E-state index contributed by atoms with van der Waals surface area (Å²) in [7, 11) is 1.63. The summed E-state index contributed by atoms with van der Waals surface area (Å²) in [6, 6.07) is 21.7. The number of amides is 1. The first kappa shape index (κ1) is 21.4. The Labute approximate surface area is 178 Å². The Kier molecular flexibility index (Phi) is 7.84. The molecule has 0 radical (unpaired) electrons. The first-order chi connectivity index (χ1) is 14.7. The number of hydrogen-bond acceptors (Lipinski definition) is 4. The van der Waals surface area contributed by atoms with Crippen molar-refractivity contribution in [3.05, 3.63) is 89.7 Å². The molecular weight excluding hydrogens is 376 g/mol. The zero-order chi connectivity index (χ0) is 21.2. The van der Waals surface area contributed by atoms with Gasteiger partial charge in [-0.15, -0.1) is 0 Å². The lowest BCUT2D eigenvalue weighted by atomic mass is 10.1. The molecule has 0 N–H and O–H groups in total. The van der Waals surface area contributed by atoms with Gasteiger partial charge in [0, 0.05) is 37.8 Å². The van der Waals surface area contributed by atoms with E-state index in [1.807, 2.05) is 78.6 Å². The van der Waals surface area contributed by atoms with Crippen LogP contribution in [0, 0.1) is 0 Å². The van der Waals surface area contributed by atoms with Gasteiger partial charge in [-0.2, -0.15) is 0 Å². The molecule has 2 aromatic carbocycles. The van der Waals surface area contributed by atoms with Crippen molar-refractivity contribution in [1.82, 2.24) is 9.88 Å². The van der Waals surface area contributed by atoms with Gasteiger partial charge in [0.05, 0.1) is 7.11 Å². The van der Waals surface area contributed by atoms with Crippen LogP contribution in [0.4, 0.5) is 0 Å². The zero-order valence-corrected chi connectivity index (χ0v) is 17.6. The Hall–Kier alpha value is -3.34. The highest BCUT2D eigenvalue weighted by molar-refractivity contribution is 5.75. The molecule has 0 saturated carbocycles. The maximum absolute atomic E-state index is 12.5. The van der Waals surface area contributed by atoms with Gasteiger partial charge in [-0.3, -0.25) is 9.78 Å². The maximum atomic E-state index is 12.5. The van der Waals surface area contributed by atoms with Crippen LogP contribution in [-0.2, 0) is 24.4 Å². The minimum atomic E-state index is 0.120. The second-order valence-corrected chi connectivity index (χ2v) is 7.00. The number of methoxy groups -OCH3 is 1. The molecule has 156 valence electrons. The Morgan fingerprint density at radius 3 is 2.47 bits per heavy atom. The van der Waals surface area contributed by atoms with Gasteiger partial charge in [-0.1, -0.05) is 49.4 Å². The number of aromatic nitrogens is 1. The fraction of sp³-hybridized carbons (Fsp3) is 0.280. The topological polar surface area (TPSA) is 51.7 Å². The molecule has 3 rings (SSSR count). The summed E-state index contributed by atoms with van der Waals surface area (Å²) >= 11 is 0. The molecule has 0 bridgehead atoms. The van der Waals surface area contributed by atoms with Gasteiger partial charge in [-0.25, -0.2) is 0 Å². The molecule has 1 heterocycles. The second-order valence-electron chi connectivity index (χ2n) is 7.00. The van der Waals surface area contributed by atoms with Crippen LogP contribution in [0.1, 0.15) is 30.2 Å². The molecule has 0 aliphatic carbocycles. The van der Waals surface area contributed by atoms with Crippen molar-refractivity contribution in [2.45, 2.75) is 32.9 Å². The van der Waals surface area contributed by atoms with Crippen molar-refractivity contribution in [2.24, 2.45) is 0 Å². The van der Waals surface area contributed by atoms with Gasteiger partial charge < -0.3 is 14.4 Å². The first-order valence-electron chi connectivity index (χ1n) is 10.2. The fourth-order valence-corrected chi connectivity index (χ4v) is 3.20. The molecule has 0 aliphatic rings. The van der Waals surface area contributed by atoms with Crippen LogP contribution >= 0.6 is 0 Å². The third-order valence-corrected chi connectivity index (χ3v) is 4.86. The molecule has 0 saturated heterocycles. The standard InChI is InChI=1S/C25H28N2O3/c1-3-25(28)27(16-14-22-11-7-8-15-26-22)18-21-12-13-23(24(17-21)29-2)30-19-20-9-5-4-6-10-20/h4-13,15,17H,3,14,16,18-19H2,1-2H3. The number of nitrogens with zero attached hydrogens (tertiary/aromatic N) is 2. The van der Waals surface area contributed by atoms with E-state index >= 15 is 0 Å². The molecule has 0 spiro atoms. The fourth-order valence-electron chi connectivity index (χ4n) is 3.20. The first-order valence-corrected chi connectivity index (χ1v) is 10.2. The molecule has 0 unspecified atom stereocenters. The smallest absolute Gasteiger partial charge is 0.222 e. The van der Waals surface area contributed by atoms with E-state index in [0.29, 0.717) is 37.6 Å². The van der Waals surface area contributed by atoms with Gasteiger partial charge in [0.2, 0.25) is 5.91 Å². The molecule has 1 aromatic heterocycles. The predicted molar refractivity (Wildman–Crippen MR) is 117 cm³/mol. The minimum Gasteiger partial charge on any atom is -0.493 e. The maximum Gasteiger partial charge on any atom is 0.222 e. The van der Waals surface area contributed by atoms with Crippen molar-refractivity contribution in [1.29, 1.82) is 0 Å². The number of carbonyl (C=O) groups excluding carboxylic acids is 1. The molecule has 0 aliphatic heterocycles. The average molecular weight is 405 g/mol. The summed E-state index contributed by atoms with van der Waals surface area (Å²) in [6.45, 7) is 3.51. The van der Waals surface area contributed by atoms with Crippen molar-refractivity contribution in [3.8, 4) is 11.5 Å². The van der Waals surface area contributed by atoms with Gasteiger partial charge in [0.25, 0.3) is 0 Å². The third kappa shape index (κ3) is 6.08. The molecular formula is C25H28N2O3. The largest absolute Gasteiger partial charge is 0.493 e. The highest BCUT2D eigenvalue weighted by atomic mass is 16.5. The Morgan fingerprint density at radius 2 is 1.77 bits per heavy atom. The monoisotopic (exact) mass is 404 g/mol. The van der Waals surface area contributed by atoms with Crippen LogP contribution in [0.25, 0.3) is 0 Å². The van der Waals surface area contributed by atoms with Crippen LogP contribution in [0.15, 0.2) is 72.9 Å². The SMILES string of the molecule is CCC(=O)N(CCc1ccccn1)Cc1ccc(OCc2ccccc2)c(OC)c1. The average Bonchev–Trinajstić information content (AvgIpc) is 2.81. The Bertz CT molecular complexity index is 930. The van der Waals surface area contributed by atoms with Crippen molar-refractivity contribution >= 4 is 5.91 Å². The molecule has 0 atom stereocenters. The van der Waals surface area contributed by atoms with E-state index in [4.69, 9.17) is 9.47 Å². The second kappa shape index (κ2) is 11.0. The lowest BCUT2D eigenvalue weighted by Gasteiger charge is -2.23. The van der Waals surface area contributed by atoms with E-state index in [-0.39, 0.29) is 5.91 Å². The summed E-state index contributed by atoms with van der Waals surface area (Å²) in [6.07, 6.45) is 2.97. The highest BCUT2D eigenvalue weighted by Crippen LogP contribution is 2.29. The van der Waals surface area contributed by atoms with E-state index in [2.05, 4.69) is 4.98 Å². The Morgan fingerprint density at radius 1 is 0.967 bits per heavy atom. The molecule has 3 aromatic rings. The van der Waals surface area contributed by atoms with E-state index in [1.54, 1.807) is 13.3 Å². The molecule has 5 heteroatoms. The number of ether oxygens (including phenoxy) is 2. The van der Waals surface area contributed by atoms with Crippen LogP contribution in [-0.4, -0.2) is 29.4 Å². The summed E-state index contributed by atoms with van der Waals surface area (Å²) in [5.41, 5.74) is 3.08. The van der Waals surface area contributed by atoms with Crippen LogP contribution in [0.5, 0.6) is 11.5 Å². The van der Waals surface area contributed by atoms with Crippen molar-refractivity contribution in [3.63, 3.8) is 0 Å². The van der Waals surface area contributed by atoms with Crippen LogP contribution in [0.2, 0.25) is 0 Å². The normalized spacial score (nSPS) is 10.5. The summed E-state index contributed by atoms with van der Waals surface area (Å²) in [5.74, 6) is 1.47. The summed E-state index contributed by atoms with van der Waals surface area (Å²) < 4.78 is 11.5. The highest BCUT2D eigenvalue weighted by Gasteiger charge is 2.14. The number of benzene rings is 2. The number of hydrogen-bond donors (Lipinski definition) is 0. The van der Waals surface area contributed by atoms with Gasteiger partial charge in [0.15, 0.2) is 11.5 Å². The number of rotatable bonds is 10. The van der Waals surface area contributed by atoms with Gasteiger partial charge >= 0.3 is 0 Å². The van der Waals surface area contributed by atoms with Crippen LogP contribution < -0.4 is 9.47 Å². The van der Waals surface area contributed by atoms with Crippen molar-refractivity contribution < 1.29 is 14.3 Å². The quantitative estimate of drug-likeness (QED) is 0.494.